The summed E-state index contributed by atoms with van der Waals surface area (Å²) in [5, 5.41) is 6.23. The minimum absolute atomic E-state index is 0.0549. The molecule has 3 nitrogen and oxygen atoms in total. The summed E-state index contributed by atoms with van der Waals surface area (Å²) < 4.78 is 0. The van der Waals surface area contributed by atoms with Crippen LogP contribution in [0.1, 0.15) is 64.7 Å². The summed E-state index contributed by atoms with van der Waals surface area (Å²) in [5.74, 6) is 1.35. The van der Waals surface area contributed by atoms with Gasteiger partial charge in [0.15, 0.2) is 0 Å². The Morgan fingerprint density at radius 3 is 2.39 bits per heavy atom. The lowest BCUT2D eigenvalue weighted by Crippen LogP contribution is -2.47. The summed E-state index contributed by atoms with van der Waals surface area (Å²) in [7, 11) is 0. The fraction of sp³-hybridized carbons (Fsp3) is 0.933. The van der Waals surface area contributed by atoms with Crippen LogP contribution in [0.4, 0.5) is 4.79 Å². The first-order chi connectivity index (χ1) is 8.75. The number of nitrogens with one attached hydrogen (secondary N) is 2. The minimum atomic E-state index is 0.0549. The van der Waals surface area contributed by atoms with Crippen LogP contribution in [0.15, 0.2) is 0 Å². The summed E-state index contributed by atoms with van der Waals surface area (Å²) in [5.41, 5.74) is 0. The normalized spacial score (nSPS) is 29.8. The Labute approximate surface area is 111 Å². The fourth-order valence-electron chi connectivity index (χ4n) is 3.38. The van der Waals surface area contributed by atoms with Gasteiger partial charge in [-0.3, -0.25) is 0 Å². The van der Waals surface area contributed by atoms with E-state index in [2.05, 4.69) is 17.6 Å². The number of rotatable bonds is 3. The lowest BCUT2D eigenvalue weighted by Gasteiger charge is -2.30. The Morgan fingerprint density at radius 2 is 1.67 bits per heavy atom. The predicted molar refractivity (Wildman–Crippen MR) is 74.5 cm³/mol. The van der Waals surface area contributed by atoms with Crippen LogP contribution in [0.2, 0.25) is 0 Å². The van der Waals surface area contributed by atoms with Crippen molar-refractivity contribution >= 4 is 6.03 Å². The Bertz CT molecular complexity index is 261. The molecule has 0 saturated heterocycles. The highest BCUT2D eigenvalue weighted by Crippen LogP contribution is 2.24. The van der Waals surface area contributed by atoms with Gasteiger partial charge in [-0.15, -0.1) is 0 Å². The van der Waals surface area contributed by atoms with Gasteiger partial charge in [0.25, 0.3) is 0 Å². The van der Waals surface area contributed by atoms with Crippen LogP contribution in [0.25, 0.3) is 0 Å². The van der Waals surface area contributed by atoms with Crippen molar-refractivity contribution in [2.45, 2.75) is 70.8 Å². The van der Waals surface area contributed by atoms with Crippen LogP contribution >= 0.6 is 0 Å². The third kappa shape index (κ3) is 4.18. The smallest absolute Gasteiger partial charge is 0.315 e. The Balaban J connectivity index is 1.64. The quantitative estimate of drug-likeness (QED) is 0.793. The lowest BCUT2D eigenvalue weighted by molar-refractivity contribution is 0.218. The van der Waals surface area contributed by atoms with Gasteiger partial charge >= 0.3 is 6.03 Å². The average Bonchev–Trinajstić information content (AvgIpc) is 2.40. The van der Waals surface area contributed by atoms with Gasteiger partial charge in [-0.05, 0) is 37.5 Å². The first-order valence-electron chi connectivity index (χ1n) is 7.80. The van der Waals surface area contributed by atoms with Gasteiger partial charge in [0, 0.05) is 12.6 Å². The highest BCUT2D eigenvalue weighted by atomic mass is 16.2. The van der Waals surface area contributed by atoms with Crippen molar-refractivity contribution in [3.63, 3.8) is 0 Å². The van der Waals surface area contributed by atoms with Gasteiger partial charge in [-0.25, -0.2) is 4.79 Å². The Morgan fingerprint density at radius 1 is 1.00 bits per heavy atom. The van der Waals surface area contributed by atoms with Crippen molar-refractivity contribution in [3.05, 3.63) is 0 Å². The van der Waals surface area contributed by atoms with Crippen LogP contribution in [0, 0.1) is 11.8 Å². The SMILES string of the molecule is C[C@H]1CCCC[C@@H]1NC(=O)NCC1CCCCC1. The highest BCUT2D eigenvalue weighted by molar-refractivity contribution is 5.74. The monoisotopic (exact) mass is 252 g/mol. The van der Waals surface area contributed by atoms with E-state index in [9.17, 15) is 4.79 Å². The largest absolute Gasteiger partial charge is 0.338 e. The maximum atomic E-state index is 11.9. The van der Waals surface area contributed by atoms with Crippen LogP contribution in [-0.2, 0) is 0 Å². The molecule has 0 aliphatic heterocycles. The molecule has 2 N–H and O–H groups in total. The zero-order valence-electron chi connectivity index (χ0n) is 11.7. The van der Waals surface area contributed by atoms with Crippen LogP contribution in [-0.4, -0.2) is 18.6 Å². The van der Waals surface area contributed by atoms with E-state index in [1.807, 2.05) is 0 Å². The summed E-state index contributed by atoms with van der Waals surface area (Å²) in [4.78, 5) is 11.9. The molecule has 2 rings (SSSR count). The number of amides is 2. The van der Waals surface area contributed by atoms with E-state index in [0.717, 1.165) is 13.0 Å². The molecule has 2 saturated carbocycles. The standard InChI is InChI=1S/C15H28N2O/c1-12-7-5-6-10-14(12)17-15(18)16-11-13-8-3-2-4-9-13/h12-14H,2-11H2,1H3,(H2,16,17,18)/t12-,14-/m0/s1. The van der Waals surface area contributed by atoms with Gasteiger partial charge in [0.1, 0.15) is 0 Å². The molecule has 2 fully saturated rings. The molecule has 0 unspecified atom stereocenters. The van der Waals surface area contributed by atoms with Crippen LogP contribution < -0.4 is 10.6 Å². The van der Waals surface area contributed by atoms with Gasteiger partial charge in [-0.2, -0.15) is 0 Å². The van der Waals surface area contributed by atoms with E-state index in [0.29, 0.717) is 17.9 Å². The molecular weight excluding hydrogens is 224 g/mol. The lowest BCUT2D eigenvalue weighted by atomic mass is 9.86. The van der Waals surface area contributed by atoms with Crippen molar-refractivity contribution in [3.8, 4) is 0 Å². The summed E-state index contributed by atoms with van der Waals surface area (Å²) in [6, 6.07) is 0.449. The number of urea groups is 1. The van der Waals surface area contributed by atoms with Gasteiger partial charge in [0.2, 0.25) is 0 Å². The van der Waals surface area contributed by atoms with E-state index in [1.54, 1.807) is 0 Å². The van der Waals surface area contributed by atoms with Gasteiger partial charge in [0.05, 0.1) is 0 Å². The molecule has 0 heterocycles. The number of hydrogen-bond donors (Lipinski definition) is 2. The van der Waals surface area contributed by atoms with Crippen LogP contribution in [0.3, 0.4) is 0 Å². The van der Waals surface area contributed by atoms with E-state index in [4.69, 9.17) is 0 Å². The molecule has 3 heteroatoms. The van der Waals surface area contributed by atoms with Crippen molar-refractivity contribution in [1.82, 2.24) is 10.6 Å². The van der Waals surface area contributed by atoms with E-state index in [-0.39, 0.29) is 6.03 Å². The minimum Gasteiger partial charge on any atom is -0.338 e. The molecule has 0 aromatic carbocycles. The Kier molecular flexibility index (Phi) is 5.33. The molecule has 18 heavy (non-hydrogen) atoms. The van der Waals surface area contributed by atoms with Gasteiger partial charge in [-0.1, -0.05) is 39.0 Å². The molecule has 2 aliphatic rings. The van der Waals surface area contributed by atoms with Crippen molar-refractivity contribution < 1.29 is 4.79 Å². The van der Waals surface area contributed by atoms with Gasteiger partial charge < -0.3 is 10.6 Å². The van der Waals surface area contributed by atoms with E-state index in [1.165, 1.54) is 51.4 Å². The zero-order chi connectivity index (χ0) is 12.8. The Hall–Kier alpha value is -0.730. The van der Waals surface area contributed by atoms with E-state index < -0.39 is 0 Å². The molecule has 0 aromatic heterocycles. The van der Waals surface area contributed by atoms with E-state index >= 15 is 0 Å². The number of hydrogen-bond acceptors (Lipinski definition) is 1. The fourth-order valence-corrected chi connectivity index (χ4v) is 3.38. The summed E-state index contributed by atoms with van der Waals surface area (Å²) >= 11 is 0. The maximum Gasteiger partial charge on any atom is 0.315 e. The molecule has 0 aromatic rings. The highest BCUT2D eigenvalue weighted by Gasteiger charge is 2.23. The molecule has 104 valence electrons. The summed E-state index contributed by atoms with van der Waals surface area (Å²) in [6.07, 6.45) is 11.6. The first kappa shape index (κ1) is 13.7. The summed E-state index contributed by atoms with van der Waals surface area (Å²) in [6.45, 7) is 3.12. The third-order valence-corrected chi connectivity index (χ3v) is 4.70. The molecule has 0 spiro atoms. The number of carbonyl (C=O) groups is 1. The molecule has 0 radical (unpaired) electrons. The van der Waals surface area contributed by atoms with Crippen molar-refractivity contribution in [2.24, 2.45) is 11.8 Å². The molecule has 2 amide bonds. The second kappa shape index (κ2) is 7.01. The second-order valence-electron chi connectivity index (χ2n) is 6.23. The third-order valence-electron chi connectivity index (χ3n) is 4.70. The maximum absolute atomic E-state index is 11.9. The zero-order valence-corrected chi connectivity index (χ0v) is 11.7. The van der Waals surface area contributed by atoms with Crippen molar-refractivity contribution in [1.29, 1.82) is 0 Å². The van der Waals surface area contributed by atoms with Crippen LogP contribution in [0.5, 0.6) is 0 Å². The molecule has 2 atom stereocenters. The molecular formula is C15H28N2O. The topological polar surface area (TPSA) is 41.1 Å². The number of carbonyl (C=O) groups excluding carboxylic acids is 1. The molecule has 2 aliphatic carbocycles. The first-order valence-corrected chi connectivity index (χ1v) is 7.80. The molecule has 0 bridgehead atoms. The average molecular weight is 252 g/mol. The van der Waals surface area contributed by atoms with Crippen molar-refractivity contribution in [2.75, 3.05) is 6.54 Å². The second-order valence-corrected chi connectivity index (χ2v) is 6.23. The predicted octanol–water partition coefficient (Wildman–Crippen LogP) is 3.44.